The lowest BCUT2D eigenvalue weighted by atomic mass is 9.84. The predicted molar refractivity (Wildman–Crippen MR) is 178 cm³/mol. The van der Waals surface area contributed by atoms with Gasteiger partial charge in [0.25, 0.3) is 5.91 Å². The van der Waals surface area contributed by atoms with Crippen LogP contribution in [-0.4, -0.2) is 59.8 Å². The molecule has 0 atom stereocenters. The van der Waals surface area contributed by atoms with Crippen molar-refractivity contribution in [3.63, 3.8) is 0 Å². The summed E-state index contributed by atoms with van der Waals surface area (Å²) < 4.78 is 42.4. The van der Waals surface area contributed by atoms with Crippen LogP contribution in [0, 0.1) is 13.8 Å². The van der Waals surface area contributed by atoms with E-state index in [-0.39, 0.29) is 23.2 Å². The minimum absolute atomic E-state index is 0.00577. The molecule has 47 heavy (non-hydrogen) atoms. The molecule has 0 aliphatic carbocycles. The number of para-hydroxylation sites is 1. The van der Waals surface area contributed by atoms with Crippen molar-refractivity contribution in [2.24, 2.45) is 0 Å². The third-order valence-corrected chi connectivity index (χ3v) is 9.90. The van der Waals surface area contributed by atoms with Gasteiger partial charge in [-0.3, -0.25) is 9.69 Å². The van der Waals surface area contributed by atoms with Gasteiger partial charge in [0.05, 0.1) is 0 Å². The van der Waals surface area contributed by atoms with Crippen LogP contribution >= 0.6 is 0 Å². The standard InChI is InChI=1S/C38H41F3N4O2/c1-27-25-30(29-13-19-42-20-14-29)26-28(2)35(27)36(46)43-23-17-37(3,18-24-43)44-21-15-33(16-22-44)45(31-7-5-4-6-8-31)32-9-11-34(12-10-32)47-38(39,40)41/h4-14,19-20,25-26,33H,15-18,21-24H2,1-3H3/p+1. The molecular formula is C38H42F3N4O2+. The Balaban J connectivity index is 1.10. The molecular weight excluding hydrogens is 601 g/mol. The van der Waals surface area contributed by atoms with Gasteiger partial charge in [-0.15, -0.1) is 13.2 Å². The zero-order valence-electron chi connectivity index (χ0n) is 27.2. The van der Waals surface area contributed by atoms with Gasteiger partial charge in [-0.2, -0.15) is 0 Å². The number of pyridine rings is 1. The van der Waals surface area contributed by atoms with E-state index in [9.17, 15) is 18.0 Å². The number of aromatic amines is 1. The molecule has 2 fully saturated rings. The summed E-state index contributed by atoms with van der Waals surface area (Å²) in [5.74, 6) is -0.117. The van der Waals surface area contributed by atoms with Crippen molar-refractivity contribution in [3.05, 3.63) is 108 Å². The van der Waals surface area contributed by atoms with Gasteiger partial charge in [-0.05, 0) is 105 Å². The first-order chi connectivity index (χ1) is 22.5. The molecule has 2 aliphatic heterocycles. The van der Waals surface area contributed by atoms with Crippen LogP contribution in [0.1, 0.15) is 54.1 Å². The van der Waals surface area contributed by atoms with E-state index < -0.39 is 6.36 Å². The zero-order valence-corrected chi connectivity index (χ0v) is 27.2. The number of aryl methyl sites for hydroxylation is 2. The summed E-state index contributed by atoms with van der Waals surface area (Å²) in [7, 11) is 0. The van der Waals surface area contributed by atoms with Gasteiger partial charge >= 0.3 is 6.36 Å². The molecule has 9 heteroatoms. The van der Waals surface area contributed by atoms with Crippen molar-refractivity contribution < 1.29 is 27.7 Å². The maximum Gasteiger partial charge on any atom is 0.573 e. The Morgan fingerprint density at radius 3 is 1.98 bits per heavy atom. The molecule has 1 aromatic heterocycles. The average molecular weight is 644 g/mol. The molecule has 2 aliphatic rings. The monoisotopic (exact) mass is 643 g/mol. The number of ether oxygens (including phenoxy) is 1. The third-order valence-electron chi connectivity index (χ3n) is 9.90. The number of carbonyl (C=O) groups excluding carboxylic acids is 1. The van der Waals surface area contributed by atoms with E-state index in [4.69, 9.17) is 0 Å². The van der Waals surface area contributed by atoms with Crippen LogP contribution in [0.15, 0.2) is 91.3 Å². The number of benzene rings is 3. The molecule has 6 rings (SSSR count). The van der Waals surface area contributed by atoms with Gasteiger partial charge in [-0.25, -0.2) is 4.98 Å². The summed E-state index contributed by atoms with van der Waals surface area (Å²) in [6.07, 6.45) is 2.73. The van der Waals surface area contributed by atoms with E-state index >= 15 is 0 Å². The molecule has 3 heterocycles. The van der Waals surface area contributed by atoms with Crippen molar-refractivity contribution in [1.82, 2.24) is 9.80 Å². The lowest BCUT2D eigenvalue weighted by Gasteiger charge is -2.50. The number of halogens is 3. The van der Waals surface area contributed by atoms with E-state index in [2.05, 4.69) is 38.6 Å². The van der Waals surface area contributed by atoms with Crippen molar-refractivity contribution in [2.45, 2.75) is 64.4 Å². The number of hydrogen-bond acceptors (Lipinski definition) is 4. The van der Waals surface area contributed by atoms with Gasteiger partial charge in [0.1, 0.15) is 5.75 Å². The van der Waals surface area contributed by atoms with Gasteiger partial charge in [-0.1, -0.05) is 30.3 Å². The summed E-state index contributed by atoms with van der Waals surface area (Å²) in [6.45, 7) is 9.63. The van der Waals surface area contributed by atoms with Crippen LogP contribution in [0.5, 0.6) is 5.75 Å². The molecule has 0 saturated carbocycles. The first kappa shape index (κ1) is 32.6. The Morgan fingerprint density at radius 2 is 1.40 bits per heavy atom. The third kappa shape index (κ3) is 7.30. The normalized spacial score (nSPS) is 17.4. The second-order valence-electron chi connectivity index (χ2n) is 13.0. The number of nitrogens with one attached hydrogen (secondary N) is 1. The second-order valence-corrected chi connectivity index (χ2v) is 13.0. The molecule has 0 spiro atoms. The maximum absolute atomic E-state index is 13.8. The summed E-state index contributed by atoms with van der Waals surface area (Å²) in [5, 5.41) is 0. The Labute approximate surface area is 274 Å². The summed E-state index contributed by atoms with van der Waals surface area (Å²) in [6, 6.07) is 24.6. The largest absolute Gasteiger partial charge is 0.573 e. The lowest BCUT2D eigenvalue weighted by Crippen LogP contribution is -2.57. The number of amides is 1. The maximum atomic E-state index is 13.8. The number of piperidine rings is 2. The number of rotatable bonds is 7. The van der Waals surface area contributed by atoms with E-state index in [1.165, 1.54) is 12.1 Å². The molecule has 1 amide bonds. The molecule has 0 radical (unpaired) electrons. The number of nitrogens with zero attached hydrogens (tertiary/aromatic N) is 3. The predicted octanol–water partition coefficient (Wildman–Crippen LogP) is 7.98. The Hall–Kier alpha value is -4.37. The van der Waals surface area contributed by atoms with Crippen molar-refractivity contribution in [3.8, 4) is 16.9 Å². The first-order valence-corrected chi connectivity index (χ1v) is 16.3. The van der Waals surface area contributed by atoms with Crippen molar-refractivity contribution in [2.75, 3.05) is 31.1 Å². The van der Waals surface area contributed by atoms with Crippen LogP contribution in [-0.2, 0) is 0 Å². The zero-order chi connectivity index (χ0) is 33.2. The molecule has 6 nitrogen and oxygen atoms in total. The Kier molecular flexibility index (Phi) is 9.28. The Morgan fingerprint density at radius 1 is 0.830 bits per heavy atom. The highest BCUT2D eigenvalue weighted by atomic mass is 19.4. The number of H-pyrrole nitrogens is 1. The van der Waals surface area contributed by atoms with Crippen LogP contribution in [0.25, 0.3) is 11.1 Å². The SMILES string of the molecule is Cc1cc(-c2cc[nH+]cc2)cc(C)c1C(=O)N1CCC(C)(N2CCC(N(c3ccccc3)c3ccc(OC(F)(F)F)cc3)CC2)CC1. The quantitative estimate of drug-likeness (QED) is 0.205. The minimum Gasteiger partial charge on any atom is -0.406 e. The molecule has 246 valence electrons. The highest BCUT2D eigenvalue weighted by molar-refractivity contribution is 5.98. The van der Waals surface area contributed by atoms with Crippen LogP contribution in [0.2, 0.25) is 0 Å². The molecule has 0 unspecified atom stereocenters. The van der Waals surface area contributed by atoms with Crippen molar-refractivity contribution in [1.29, 1.82) is 0 Å². The fourth-order valence-electron chi connectivity index (χ4n) is 7.34. The molecule has 0 bridgehead atoms. The van der Waals surface area contributed by atoms with Crippen LogP contribution < -0.4 is 14.6 Å². The minimum atomic E-state index is -4.72. The van der Waals surface area contributed by atoms with Gasteiger partial charge < -0.3 is 14.5 Å². The fraction of sp³-hybridized carbons (Fsp3) is 0.368. The van der Waals surface area contributed by atoms with Gasteiger partial charge in [0.15, 0.2) is 12.4 Å². The number of alkyl halides is 3. The number of anilines is 2. The first-order valence-electron chi connectivity index (χ1n) is 16.3. The van der Waals surface area contributed by atoms with Crippen LogP contribution in [0.4, 0.5) is 24.5 Å². The number of likely N-dealkylation sites (tertiary alicyclic amines) is 2. The second kappa shape index (κ2) is 13.4. The van der Waals surface area contributed by atoms with Gasteiger partial charge in [0, 0.05) is 66.8 Å². The van der Waals surface area contributed by atoms with Gasteiger partial charge in [0.2, 0.25) is 0 Å². The number of hydrogen-bond donors (Lipinski definition) is 0. The smallest absolute Gasteiger partial charge is 0.406 e. The van der Waals surface area contributed by atoms with Crippen LogP contribution in [0.3, 0.4) is 0 Å². The fourth-order valence-corrected chi connectivity index (χ4v) is 7.34. The lowest BCUT2D eigenvalue weighted by molar-refractivity contribution is -0.377. The molecule has 2 saturated heterocycles. The molecule has 4 aromatic rings. The number of carbonyl (C=O) groups is 1. The average Bonchev–Trinajstić information content (AvgIpc) is 3.06. The molecule has 3 aromatic carbocycles. The molecule has 1 N–H and O–H groups in total. The van der Waals surface area contributed by atoms with E-state index in [0.29, 0.717) is 13.1 Å². The summed E-state index contributed by atoms with van der Waals surface area (Å²) in [4.78, 5) is 23.7. The van der Waals surface area contributed by atoms with E-state index in [0.717, 1.165) is 78.0 Å². The van der Waals surface area contributed by atoms with E-state index in [1.807, 2.05) is 73.6 Å². The summed E-state index contributed by atoms with van der Waals surface area (Å²) >= 11 is 0. The Bertz CT molecular complexity index is 1640. The highest BCUT2D eigenvalue weighted by Crippen LogP contribution is 2.37. The number of aromatic nitrogens is 1. The highest BCUT2D eigenvalue weighted by Gasteiger charge is 2.40. The van der Waals surface area contributed by atoms with E-state index in [1.54, 1.807) is 12.1 Å². The topological polar surface area (TPSA) is 50.2 Å². The van der Waals surface area contributed by atoms with Crippen molar-refractivity contribution >= 4 is 17.3 Å². The summed E-state index contributed by atoms with van der Waals surface area (Å²) in [5.41, 5.74) is 6.87.